The van der Waals surface area contributed by atoms with Crippen LogP contribution in [-0.4, -0.2) is 0 Å². The Labute approximate surface area is 128 Å². The zero-order valence-electron chi connectivity index (χ0n) is 11.3. The number of anilines is 1. The molecule has 0 saturated heterocycles. The highest BCUT2D eigenvalue weighted by Crippen LogP contribution is 2.29. The van der Waals surface area contributed by atoms with E-state index in [4.69, 9.17) is 11.6 Å². The third-order valence-electron chi connectivity index (χ3n) is 3.33. The molecule has 0 fully saturated rings. The minimum Gasteiger partial charge on any atom is -0.378 e. The van der Waals surface area contributed by atoms with Crippen molar-refractivity contribution >= 4 is 33.2 Å². The summed E-state index contributed by atoms with van der Waals surface area (Å²) in [5.41, 5.74) is 4.98. The van der Waals surface area contributed by atoms with Gasteiger partial charge in [0.05, 0.1) is 0 Å². The fourth-order valence-electron chi connectivity index (χ4n) is 1.96. The van der Waals surface area contributed by atoms with E-state index >= 15 is 0 Å². The molecule has 0 heterocycles. The molecule has 2 rings (SSSR count). The molecule has 1 nitrogen and oxygen atoms in total. The van der Waals surface area contributed by atoms with Crippen LogP contribution in [0.15, 0.2) is 40.9 Å². The van der Waals surface area contributed by atoms with E-state index in [9.17, 15) is 0 Å². The average molecular weight is 339 g/mol. The number of hydrogen-bond acceptors (Lipinski definition) is 1. The van der Waals surface area contributed by atoms with E-state index in [2.05, 4.69) is 60.2 Å². The highest BCUT2D eigenvalue weighted by Gasteiger charge is 2.08. The van der Waals surface area contributed by atoms with Crippen LogP contribution in [0.1, 0.15) is 29.7 Å². The average Bonchev–Trinajstić information content (AvgIpc) is 2.36. The molecule has 2 aromatic carbocycles. The molecule has 0 aliphatic heterocycles. The predicted molar refractivity (Wildman–Crippen MR) is 87.1 cm³/mol. The number of halogens is 2. The Morgan fingerprint density at radius 1 is 1.05 bits per heavy atom. The van der Waals surface area contributed by atoms with Crippen molar-refractivity contribution in [2.75, 3.05) is 5.32 Å². The van der Waals surface area contributed by atoms with E-state index in [0.29, 0.717) is 0 Å². The van der Waals surface area contributed by atoms with Gasteiger partial charge >= 0.3 is 0 Å². The minimum absolute atomic E-state index is 0.247. The van der Waals surface area contributed by atoms with Crippen LogP contribution >= 0.6 is 27.5 Å². The lowest BCUT2D eigenvalue weighted by Crippen LogP contribution is -2.07. The van der Waals surface area contributed by atoms with Gasteiger partial charge in [-0.25, -0.2) is 0 Å². The molecule has 3 heteroatoms. The van der Waals surface area contributed by atoms with Gasteiger partial charge in [0.25, 0.3) is 0 Å². The number of hydrogen-bond donors (Lipinski definition) is 1. The second-order valence-corrected chi connectivity index (χ2v) is 6.12. The molecule has 1 atom stereocenters. The maximum atomic E-state index is 5.95. The normalized spacial score (nSPS) is 12.3. The molecule has 100 valence electrons. The van der Waals surface area contributed by atoms with Crippen LogP contribution in [0.2, 0.25) is 5.02 Å². The second kappa shape index (κ2) is 5.98. The van der Waals surface area contributed by atoms with Crippen LogP contribution in [0.25, 0.3) is 0 Å². The van der Waals surface area contributed by atoms with Gasteiger partial charge in [0.2, 0.25) is 0 Å². The Kier molecular flexibility index (Phi) is 4.54. The number of benzene rings is 2. The van der Waals surface area contributed by atoms with Gasteiger partial charge in [0.1, 0.15) is 0 Å². The van der Waals surface area contributed by atoms with Crippen LogP contribution in [0.5, 0.6) is 0 Å². The largest absolute Gasteiger partial charge is 0.378 e. The van der Waals surface area contributed by atoms with Crippen LogP contribution in [-0.2, 0) is 0 Å². The first kappa shape index (κ1) is 14.4. The molecule has 2 aromatic rings. The molecule has 0 amide bonds. The van der Waals surface area contributed by atoms with E-state index in [-0.39, 0.29) is 6.04 Å². The van der Waals surface area contributed by atoms with E-state index < -0.39 is 0 Å². The first-order valence-electron chi connectivity index (χ1n) is 6.26. The van der Waals surface area contributed by atoms with Crippen LogP contribution in [0.3, 0.4) is 0 Å². The van der Waals surface area contributed by atoms with Gasteiger partial charge < -0.3 is 5.32 Å². The van der Waals surface area contributed by atoms with E-state index in [0.717, 1.165) is 15.2 Å². The summed E-state index contributed by atoms with van der Waals surface area (Å²) in [5, 5.41) is 4.23. The van der Waals surface area contributed by atoms with E-state index in [1.807, 2.05) is 18.2 Å². The molecule has 1 N–H and O–H groups in total. The van der Waals surface area contributed by atoms with Crippen molar-refractivity contribution in [3.8, 4) is 0 Å². The van der Waals surface area contributed by atoms with Gasteiger partial charge in [-0.15, -0.1) is 0 Å². The lowest BCUT2D eigenvalue weighted by atomic mass is 10.0. The standard InChI is InChI=1S/C16H17BrClN/c1-10-4-5-13(8-11(10)2)12(3)19-16-7-6-14(18)9-15(16)17/h4-9,12,19H,1-3H3. The molecular weight excluding hydrogens is 322 g/mol. The summed E-state index contributed by atoms with van der Waals surface area (Å²) in [6.45, 7) is 6.43. The Bertz CT molecular complexity index is 595. The van der Waals surface area contributed by atoms with Gasteiger partial charge in [0.15, 0.2) is 0 Å². The Morgan fingerprint density at radius 2 is 1.79 bits per heavy atom. The van der Waals surface area contributed by atoms with Crippen LogP contribution < -0.4 is 5.32 Å². The summed E-state index contributed by atoms with van der Waals surface area (Å²) in [5.74, 6) is 0. The number of aryl methyl sites for hydroxylation is 2. The van der Waals surface area contributed by atoms with Gasteiger partial charge in [-0.3, -0.25) is 0 Å². The molecule has 0 aliphatic rings. The maximum Gasteiger partial charge on any atom is 0.0490 e. The van der Waals surface area contributed by atoms with Crippen molar-refractivity contribution in [1.82, 2.24) is 0 Å². The molecular formula is C16H17BrClN. The summed E-state index contributed by atoms with van der Waals surface area (Å²) in [7, 11) is 0. The molecule has 0 spiro atoms. The fourth-order valence-corrected chi connectivity index (χ4v) is 2.75. The van der Waals surface area contributed by atoms with Gasteiger partial charge in [-0.2, -0.15) is 0 Å². The lowest BCUT2D eigenvalue weighted by Gasteiger charge is -2.18. The SMILES string of the molecule is Cc1ccc(C(C)Nc2ccc(Cl)cc2Br)cc1C. The molecule has 0 saturated carbocycles. The first-order valence-corrected chi connectivity index (χ1v) is 7.43. The van der Waals surface area contributed by atoms with Crippen molar-refractivity contribution in [1.29, 1.82) is 0 Å². The Morgan fingerprint density at radius 3 is 2.42 bits per heavy atom. The summed E-state index contributed by atoms with van der Waals surface area (Å²) in [6, 6.07) is 12.6. The first-order chi connectivity index (χ1) is 8.97. The maximum absolute atomic E-state index is 5.95. The molecule has 0 bridgehead atoms. The van der Waals surface area contributed by atoms with Gasteiger partial charge in [0, 0.05) is 21.2 Å². The minimum atomic E-state index is 0.247. The molecule has 0 aliphatic carbocycles. The third-order valence-corrected chi connectivity index (χ3v) is 4.23. The number of rotatable bonds is 3. The highest BCUT2D eigenvalue weighted by molar-refractivity contribution is 9.10. The van der Waals surface area contributed by atoms with Crippen molar-refractivity contribution in [3.63, 3.8) is 0 Å². The summed E-state index contributed by atoms with van der Waals surface area (Å²) in [6.07, 6.45) is 0. The summed E-state index contributed by atoms with van der Waals surface area (Å²) in [4.78, 5) is 0. The Hall–Kier alpha value is -0.990. The highest BCUT2D eigenvalue weighted by atomic mass is 79.9. The van der Waals surface area contributed by atoms with Crippen molar-refractivity contribution in [2.24, 2.45) is 0 Å². The van der Waals surface area contributed by atoms with Gasteiger partial charge in [-0.05, 0) is 71.6 Å². The topological polar surface area (TPSA) is 12.0 Å². The summed E-state index contributed by atoms with van der Waals surface area (Å²) < 4.78 is 0.982. The second-order valence-electron chi connectivity index (χ2n) is 4.83. The number of nitrogens with one attached hydrogen (secondary N) is 1. The molecule has 1 unspecified atom stereocenters. The van der Waals surface area contributed by atoms with Crippen molar-refractivity contribution < 1.29 is 0 Å². The monoisotopic (exact) mass is 337 g/mol. The molecule has 0 radical (unpaired) electrons. The van der Waals surface area contributed by atoms with E-state index in [1.165, 1.54) is 16.7 Å². The molecule has 19 heavy (non-hydrogen) atoms. The zero-order valence-corrected chi connectivity index (χ0v) is 13.6. The smallest absolute Gasteiger partial charge is 0.0490 e. The third kappa shape index (κ3) is 3.52. The lowest BCUT2D eigenvalue weighted by molar-refractivity contribution is 0.880. The quantitative estimate of drug-likeness (QED) is 0.735. The van der Waals surface area contributed by atoms with Gasteiger partial charge in [-0.1, -0.05) is 29.8 Å². The van der Waals surface area contributed by atoms with Crippen LogP contribution in [0, 0.1) is 13.8 Å². The fraction of sp³-hybridized carbons (Fsp3) is 0.250. The summed E-state index contributed by atoms with van der Waals surface area (Å²) >= 11 is 9.48. The van der Waals surface area contributed by atoms with Crippen molar-refractivity contribution in [3.05, 3.63) is 62.6 Å². The van der Waals surface area contributed by atoms with Crippen LogP contribution in [0.4, 0.5) is 5.69 Å². The predicted octanol–water partition coefficient (Wildman–Crippen LogP) is 5.89. The van der Waals surface area contributed by atoms with E-state index in [1.54, 1.807) is 0 Å². The zero-order chi connectivity index (χ0) is 14.0. The van der Waals surface area contributed by atoms with Crippen molar-refractivity contribution in [2.45, 2.75) is 26.8 Å². The Balaban J connectivity index is 2.20. The molecule has 0 aromatic heterocycles.